The largest absolute Gasteiger partial charge is 0.390 e. The van der Waals surface area contributed by atoms with Gasteiger partial charge in [-0.3, -0.25) is 0 Å². The van der Waals surface area contributed by atoms with Gasteiger partial charge in [0, 0.05) is 18.3 Å². The minimum absolute atomic E-state index is 0.0156. The molecule has 2 heterocycles. The molecule has 2 rings (SSSR count). The SMILES string of the molecule is Cc1cc(CN[C@@H]2CS(=O)(=O)C[C@H]2O)ncn1. The van der Waals surface area contributed by atoms with Gasteiger partial charge in [-0.1, -0.05) is 0 Å². The van der Waals surface area contributed by atoms with E-state index in [1.807, 2.05) is 13.0 Å². The summed E-state index contributed by atoms with van der Waals surface area (Å²) in [6.45, 7) is 2.29. The molecule has 1 fully saturated rings. The van der Waals surface area contributed by atoms with Crippen LogP contribution in [0.2, 0.25) is 0 Å². The van der Waals surface area contributed by atoms with Crippen molar-refractivity contribution in [2.75, 3.05) is 11.5 Å². The van der Waals surface area contributed by atoms with E-state index in [0.29, 0.717) is 6.54 Å². The molecular formula is C10H15N3O3S. The molecule has 0 bridgehead atoms. The van der Waals surface area contributed by atoms with Crippen LogP contribution in [-0.4, -0.2) is 47.1 Å². The van der Waals surface area contributed by atoms with Crippen LogP contribution in [0.25, 0.3) is 0 Å². The second-order valence-corrected chi connectivity index (χ2v) is 6.44. The van der Waals surface area contributed by atoms with Gasteiger partial charge in [0.1, 0.15) is 6.33 Å². The van der Waals surface area contributed by atoms with Gasteiger partial charge in [-0.2, -0.15) is 0 Å². The molecule has 1 saturated heterocycles. The zero-order valence-corrected chi connectivity index (χ0v) is 10.3. The highest BCUT2D eigenvalue weighted by atomic mass is 32.2. The van der Waals surface area contributed by atoms with Gasteiger partial charge >= 0.3 is 0 Å². The second-order valence-electron chi connectivity index (χ2n) is 4.28. The van der Waals surface area contributed by atoms with Crippen LogP contribution in [-0.2, 0) is 16.4 Å². The van der Waals surface area contributed by atoms with Crippen molar-refractivity contribution >= 4 is 9.84 Å². The average molecular weight is 257 g/mol. The first kappa shape index (κ1) is 12.4. The van der Waals surface area contributed by atoms with Gasteiger partial charge < -0.3 is 10.4 Å². The maximum absolute atomic E-state index is 11.3. The number of aryl methyl sites for hydroxylation is 1. The van der Waals surface area contributed by atoms with Gasteiger partial charge in [0.2, 0.25) is 0 Å². The van der Waals surface area contributed by atoms with Crippen LogP contribution in [0.3, 0.4) is 0 Å². The lowest BCUT2D eigenvalue weighted by atomic mass is 10.2. The predicted octanol–water partition coefficient (Wildman–Crippen LogP) is -0.967. The van der Waals surface area contributed by atoms with Crippen LogP contribution >= 0.6 is 0 Å². The number of aliphatic hydroxyl groups is 1. The third-order valence-electron chi connectivity index (χ3n) is 2.73. The van der Waals surface area contributed by atoms with Crippen LogP contribution < -0.4 is 5.32 Å². The first-order valence-corrected chi connectivity index (χ1v) is 7.18. The van der Waals surface area contributed by atoms with E-state index >= 15 is 0 Å². The zero-order chi connectivity index (χ0) is 12.5. The topological polar surface area (TPSA) is 92.2 Å². The number of aromatic nitrogens is 2. The highest BCUT2D eigenvalue weighted by molar-refractivity contribution is 7.91. The summed E-state index contributed by atoms with van der Waals surface area (Å²) >= 11 is 0. The zero-order valence-electron chi connectivity index (χ0n) is 9.50. The third-order valence-corrected chi connectivity index (χ3v) is 4.44. The van der Waals surface area contributed by atoms with Crippen molar-refractivity contribution in [2.45, 2.75) is 25.6 Å². The van der Waals surface area contributed by atoms with Crippen LogP contribution in [0.5, 0.6) is 0 Å². The molecule has 2 N–H and O–H groups in total. The quantitative estimate of drug-likeness (QED) is 0.724. The summed E-state index contributed by atoms with van der Waals surface area (Å²) in [6, 6.07) is 1.42. The first-order chi connectivity index (χ1) is 7.96. The van der Waals surface area contributed by atoms with Gasteiger partial charge in [-0.25, -0.2) is 18.4 Å². The summed E-state index contributed by atoms with van der Waals surface area (Å²) in [7, 11) is -3.10. The highest BCUT2D eigenvalue weighted by Crippen LogP contribution is 2.12. The first-order valence-electron chi connectivity index (χ1n) is 5.36. The summed E-state index contributed by atoms with van der Waals surface area (Å²) in [4.78, 5) is 8.03. The number of hydrogen-bond donors (Lipinski definition) is 2. The van der Waals surface area contributed by atoms with Gasteiger partial charge in [-0.05, 0) is 13.0 Å². The number of rotatable bonds is 3. The van der Waals surface area contributed by atoms with E-state index in [2.05, 4.69) is 15.3 Å². The molecule has 94 valence electrons. The van der Waals surface area contributed by atoms with Gasteiger partial charge in [0.05, 0.1) is 23.3 Å². The van der Waals surface area contributed by atoms with Crippen molar-refractivity contribution in [1.82, 2.24) is 15.3 Å². The molecule has 0 saturated carbocycles. The van der Waals surface area contributed by atoms with Crippen molar-refractivity contribution in [2.24, 2.45) is 0 Å². The third kappa shape index (κ3) is 3.21. The highest BCUT2D eigenvalue weighted by Gasteiger charge is 2.35. The average Bonchev–Trinajstić information content (AvgIpc) is 2.49. The summed E-state index contributed by atoms with van der Waals surface area (Å²) in [5.41, 5.74) is 1.64. The Kier molecular flexibility index (Phi) is 3.41. The fraction of sp³-hybridized carbons (Fsp3) is 0.600. The molecule has 0 radical (unpaired) electrons. The Hall–Kier alpha value is -1.05. The minimum Gasteiger partial charge on any atom is -0.390 e. The summed E-state index contributed by atoms with van der Waals surface area (Å²) in [5.74, 6) is -0.175. The summed E-state index contributed by atoms with van der Waals surface area (Å²) in [5, 5.41) is 12.6. The van der Waals surface area contributed by atoms with E-state index in [1.54, 1.807) is 0 Å². The minimum atomic E-state index is -3.10. The molecule has 0 amide bonds. The van der Waals surface area contributed by atoms with Crippen LogP contribution in [0.4, 0.5) is 0 Å². The molecule has 0 aliphatic carbocycles. The Labute approximate surface area is 100 Å². The van der Waals surface area contributed by atoms with E-state index < -0.39 is 22.0 Å². The number of aliphatic hydroxyl groups excluding tert-OH is 1. The predicted molar refractivity (Wildman–Crippen MR) is 62.1 cm³/mol. The van der Waals surface area contributed by atoms with Gasteiger partial charge in [0.15, 0.2) is 9.84 Å². The molecule has 0 aromatic carbocycles. The second kappa shape index (κ2) is 4.67. The molecular weight excluding hydrogens is 242 g/mol. The Morgan fingerprint density at radius 2 is 2.24 bits per heavy atom. The Morgan fingerprint density at radius 3 is 2.82 bits per heavy atom. The molecule has 7 heteroatoms. The van der Waals surface area contributed by atoms with Crippen molar-refractivity contribution in [3.8, 4) is 0 Å². The molecule has 1 aliphatic heterocycles. The van der Waals surface area contributed by atoms with Gasteiger partial charge in [0.25, 0.3) is 0 Å². The van der Waals surface area contributed by atoms with E-state index in [-0.39, 0.29) is 11.5 Å². The molecule has 6 nitrogen and oxygen atoms in total. The standard InChI is InChI=1S/C10H15N3O3S/c1-7-2-8(13-6-12-7)3-11-9-4-17(15,16)5-10(9)14/h2,6,9-11,14H,3-5H2,1H3/t9-,10-/m1/s1. The number of hydrogen-bond acceptors (Lipinski definition) is 6. The van der Waals surface area contributed by atoms with Crippen molar-refractivity contribution < 1.29 is 13.5 Å². The summed E-state index contributed by atoms with van der Waals surface area (Å²) < 4.78 is 22.6. The van der Waals surface area contributed by atoms with Crippen molar-refractivity contribution in [3.63, 3.8) is 0 Å². The van der Waals surface area contributed by atoms with Crippen molar-refractivity contribution in [3.05, 3.63) is 23.8 Å². The molecule has 0 spiro atoms. The lowest BCUT2D eigenvalue weighted by Gasteiger charge is -2.14. The number of nitrogens with zero attached hydrogens (tertiary/aromatic N) is 2. The molecule has 1 aromatic heterocycles. The molecule has 17 heavy (non-hydrogen) atoms. The molecule has 2 atom stereocenters. The monoisotopic (exact) mass is 257 g/mol. The Morgan fingerprint density at radius 1 is 1.47 bits per heavy atom. The number of nitrogens with one attached hydrogen (secondary N) is 1. The van der Waals surface area contributed by atoms with Gasteiger partial charge in [-0.15, -0.1) is 0 Å². The van der Waals surface area contributed by atoms with E-state index in [4.69, 9.17) is 0 Å². The van der Waals surface area contributed by atoms with E-state index in [0.717, 1.165) is 11.4 Å². The Bertz CT molecular complexity index is 503. The lowest BCUT2D eigenvalue weighted by Crippen LogP contribution is -2.38. The summed E-state index contributed by atoms with van der Waals surface area (Å²) in [6.07, 6.45) is 0.636. The molecule has 0 unspecified atom stereocenters. The smallest absolute Gasteiger partial charge is 0.154 e. The lowest BCUT2D eigenvalue weighted by molar-refractivity contribution is 0.165. The maximum atomic E-state index is 11.3. The molecule has 1 aromatic rings. The maximum Gasteiger partial charge on any atom is 0.154 e. The molecule has 1 aliphatic rings. The van der Waals surface area contributed by atoms with Crippen LogP contribution in [0, 0.1) is 6.92 Å². The van der Waals surface area contributed by atoms with E-state index in [1.165, 1.54) is 6.33 Å². The van der Waals surface area contributed by atoms with E-state index in [9.17, 15) is 13.5 Å². The fourth-order valence-electron chi connectivity index (χ4n) is 1.87. The van der Waals surface area contributed by atoms with Crippen molar-refractivity contribution in [1.29, 1.82) is 0 Å². The normalized spacial score (nSPS) is 27.2. The Balaban J connectivity index is 1.95. The number of sulfone groups is 1. The van der Waals surface area contributed by atoms with Crippen LogP contribution in [0.1, 0.15) is 11.4 Å². The fourth-order valence-corrected chi connectivity index (χ4v) is 3.64. The van der Waals surface area contributed by atoms with Crippen LogP contribution in [0.15, 0.2) is 12.4 Å².